The summed E-state index contributed by atoms with van der Waals surface area (Å²) in [5.74, 6) is 0.133. The van der Waals surface area contributed by atoms with E-state index >= 15 is 0 Å². The molecule has 0 fully saturated rings. The summed E-state index contributed by atoms with van der Waals surface area (Å²) in [6.07, 6.45) is 6.33. The predicted octanol–water partition coefficient (Wildman–Crippen LogP) is 1.72. The van der Waals surface area contributed by atoms with Gasteiger partial charge in [0.1, 0.15) is 5.82 Å². The van der Waals surface area contributed by atoms with Crippen LogP contribution >= 0.6 is 0 Å². The Balaban J connectivity index is 1.85. The van der Waals surface area contributed by atoms with E-state index in [-0.39, 0.29) is 11.5 Å². The van der Waals surface area contributed by atoms with Crippen molar-refractivity contribution in [3.05, 3.63) is 76.7 Å². The predicted molar refractivity (Wildman–Crippen MR) is 88.2 cm³/mol. The summed E-state index contributed by atoms with van der Waals surface area (Å²) in [5.41, 5.74) is 1.32. The minimum Gasteiger partial charge on any atom is -0.344 e. The number of aromatic amines is 1. The van der Waals surface area contributed by atoms with Gasteiger partial charge in [-0.2, -0.15) is 0 Å². The molecule has 0 aliphatic heterocycles. The van der Waals surface area contributed by atoms with Crippen LogP contribution in [0.5, 0.6) is 0 Å². The zero-order chi connectivity index (χ0) is 16.9. The number of H-pyrrole nitrogens is 1. The molecule has 7 nitrogen and oxygen atoms in total. The highest BCUT2D eigenvalue weighted by molar-refractivity contribution is 5.94. The van der Waals surface area contributed by atoms with E-state index in [2.05, 4.69) is 25.3 Å². The van der Waals surface area contributed by atoms with Crippen LogP contribution in [-0.4, -0.2) is 25.8 Å². The Morgan fingerprint density at radius 2 is 1.92 bits per heavy atom. The lowest BCUT2D eigenvalue weighted by molar-refractivity contribution is 0.0938. The van der Waals surface area contributed by atoms with Crippen molar-refractivity contribution in [1.82, 2.24) is 25.3 Å². The monoisotopic (exact) mass is 321 g/mol. The fourth-order valence-corrected chi connectivity index (χ4v) is 2.19. The number of rotatable bonds is 4. The zero-order valence-corrected chi connectivity index (χ0v) is 12.9. The van der Waals surface area contributed by atoms with Crippen molar-refractivity contribution >= 4 is 5.91 Å². The van der Waals surface area contributed by atoms with Gasteiger partial charge < -0.3 is 10.3 Å². The van der Waals surface area contributed by atoms with Gasteiger partial charge in [0.2, 0.25) is 0 Å². The standard InChI is InChI=1S/C17H15N5O2/c1-11(20-17(24)13-5-3-7-19-10-13)14-8-15(23)22-16(21-14)12-4-2-6-18-9-12/h2-11H,1H3,(H,20,24)(H,21,22,23)/t11-/m0/s1. The summed E-state index contributed by atoms with van der Waals surface area (Å²) >= 11 is 0. The third-order valence-corrected chi connectivity index (χ3v) is 3.41. The van der Waals surface area contributed by atoms with Gasteiger partial charge in [0.15, 0.2) is 0 Å². The lowest BCUT2D eigenvalue weighted by Gasteiger charge is -2.14. The number of nitrogens with one attached hydrogen (secondary N) is 2. The first-order valence-electron chi connectivity index (χ1n) is 7.36. The lowest BCUT2D eigenvalue weighted by Crippen LogP contribution is -2.28. The molecule has 0 saturated heterocycles. The van der Waals surface area contributed by atoms with Gasteiger partial charge in [-0.1, -0.05) is 0 Å². The van der Waals surface area contributed by atoms with Crippen LogP contribution in [0.15, 0.2) is 59.9 Å². The van der Waals surface area contributed by atoms with Crippen LogP contribution in [0.25, 0.3) is 11.4 Å². The number of amides is 1. The molecule has 1 atom stereocenters. The van der Waals surface area contributed by atoms with Gasteiger partial charge in [0.25, 0.3) is 11.5 Å². The van der Waals surface area contributed by atoms with Gasteiger partial charge in [0.05, 0.1) is 17.3 Å². The third-order valence-electron chi connectivity index (χ3n) is 3.41. The molecule has 0 aliphatic rings. The van der Waals surface area contributed by atoms with E-state index in [0.29, 0.717) is 22.6 Å². The molecule has 0 radical (unpaired) electrons. The maximum absolute atomic E-state index is 12.2. The number of hydrogen-bond acceptors (Lipinski definition) is 5. The molecule has 7 heteroatoms. The number of hydrogen-bond donors (Lipinski definition) is 2. The largest absolute Gasteiger partial charge is 0.344 e. The van der Waals surface area contributed by atoms with E-state index in [1.54, 1.807) is 49.8 Å². The minimum absolute atomic E-state index is 0.277. The smallest absolute Gasteiger partial charge is 0.253 e. The summed E-state index contributed by atoms with van der Waals surface area (Å²) in [7, 11) is 0. The fraction of sp³-hybridized carbons (Fsp3) is 0.118. The average Bonchev–Trinajstić information content (AvgIpc) is 2.62. The molecule has 0 saturated carbocycles. The Bertz CT molecular complexity index is 894. The van der Waals surface area contributed by atoms with E-state index in [1.165, 1.54) is 12.3 Å². The second-order valence-corrected chi connectivity index (χ2v) is 5.20. The van der Waals surface area contributed by atoms with Crippen molar-refractivity contribution in [2.75, 3.05) is 0 Å². The molecule has 3 heterocycles. The molecule has 0 unspecified atom stereocenters. The van der Waals surface area contributed by atoms with Crippen LogP contribution in [0.1, 0.15) is 29.0 Å². The number of carbonyl (C=O) groups is 1. The number of pyridine rings is 2. The highest BCUT2D eigenvalue weighted by atomic mass is 16.1. The summed E-state index contributed by atoms with van der Waals surface area (Å²) in [6, 6.07) is 7.85. The first kappa shape index (κ1) is 15.5. The Kier molecular flexibility index (Phi) is 4.42. The molecule has 2 N–H and O–H groups in total. The highest BCUT2D eigenvalue weighted by Crippen LogP contribution is 2.15. The van der Waals surface area contributed by atoms with Crippen LogP contribution in [0.2, 0.25) is 0 Å². The van der Waals surface area contributed by atoms with Crippen molar-refractivity contribution in [2.24, 2.45) is 0 Å². The summed E-state index contributed by atoms with van der Waals surface area (Å²) in [5, 5.41) is 2.81. The number of aromatic nitrogens is 4. The first-order valence-corrected chi connectivity index (χ1v) is 7.36. The Hall–Kier alpha value is -3.35. The number of nitrogens with zero attached hydrogens (tertiary/aromatic N) is 3. The molecule has 0 aromatic carbocycles. The van der Waals surface area contributed by atoms with E-state index in [9.17, 15) is 9.59 Å². The molecule has 3 aromatic heterocycles. The molecule has 0 aliphatic carbocycles. The van der Waals surface area contributed by atoms with Gasteiger partial charge in [-0.05, 0) is 31.2 Å². The Morgan fingerprint density at radius 3 is 2.58 bits per heavy atom. The Labute approximate surface area is 137 Å². The third kappa shape index (κ3) is 3.52. The zero-order valence-electron chi connectivity index (χ0n) is 12.9. The second kappa shape index (κ2) is 6.82. The normalized spacial score (nSPS) is 11.7. The molecule has 120 valence electrons. The molecular formula is C17H15N5O2. The molecule has 24 heavy (non-hydrogen) atoms. The van der Waals surface area contributed by atoms with Crippen molar-refractivity contribution in [2.45, 2.75) is 13.0 Å². The first-order chi connectivity index (χ1) is 11.6. The maximum atomic E-state index is 12.2. The highest BCUT2D eigenvalue weighted by Gasteiger charge is 2.14. The van der Waals surface area contributed by atoms with Crippen LogP contribution in [0.4, 0.5) is 0 Å². The fourth-order valence-electron chi connectivity index (χ4n) is 2.19. The van der Waals surface area contributed by atoms with Crippen molar-refractivity contribution < 1.29 is 4.79 Å². The maximum Gasteiger partial charge on any atom is 0.253 e. The summed E-state index contributed by atoms with van der Waals surface area (Å²) in [4.78, 5) is 39.1. The van der Waals surface area contributed by atoms with Crippen LogP contribution < -0.4 is 10.9 Å². The molecule has 3 rings (SSSR count). The van der Waals surface area contributed by atoms with Gasteiger partial charge >= 0.3 is 0 Å². The van der Waals surface area contributed by atoms with E-state index in [4.69, 9.17) is 0 Å². The number of carbonyl (C=O) groups excluding carboxylic acids is 1. The minimum atomic E-state index is -0.435. The van der Waals surface area contributed by atoms with Gasteiger partial charge in [0, 0.05) is 36.4 Å². The summed E-state index contributed by atoms with van der Waals surface area (Å²) in [6.45, 7) is 1.77. The van der Waals surface area contributed by atoms with E-state index < -0.39 is 6.04 Å². The molecule has 3 aromatic rings. The lowest BCUT2D eigenvalue weighted by atomic mass is 10.2. The average molecular weight is 321 g/mol. The molecule has 0 bridgehead atoms. The van der Waals surface area contributed by atoms with E-state index in [1.807, 2.05) is 0 Å². The quantitative estimate of drug-likeness (QED) is 0.762. The topological polar surface area (TPSA) is 101 Å². The molecular weight excluding hydrogens is 306 g/mol. The van der Waals surface area contributed by atoms with Crippen LogP contribution in [0, 0.1) is 0 Å². The molecule has 0 spiro atoms. The molecule has 1 amide bonds. The van der Waals surface area contributed by atoms with Crippen molar-refractivity contribution in [3.63, 3.8) is 0 Å². The SMILES string of the molecule is C[C@H](NC(=O)c1cccnc1)c1cc(=O)[nH]c(-c2cccnc2)n1. The van der Waals surface area contributed by atoms with E-state index in [0.717, 1.165) is 0 Å². The van der Waals surface area contributed by atoms with Gasteiger partial charge in [-0.3, -0.25) is 19.6 Å². The van der Waals surface area contributed by atoms with Gasteiger partial charge in [-0.25, -0.2) is 4.98 Å². The second-order valence-electron chi connectivity index (χ2n) is 5.20. The van der Waals surface area contributed by atoms with Crippen molar-refractivity contribution in [1.29, 1.82) is 0 Å². The van der Waals surface area contributed by atoms with Crippen molar-refractivity contribution in [3.8, 4) is 11.4 Å². The Morgan fingerprint density at radius 1 is 1.17 bits per heavy atom. The van der Waals surface area contributed by atoms with Gasteiger partial charge in [-0.15, -0.1) is 0 Å². The van der Waals surface area contributed by atoms with Crippen LogP contribution in [-0.2, 0) is 0 Å². The summed E-state index contributed by atoms with van der Waals surface area (Å²) < 4.78 is 0. The van der Waals surface area contributed by atoms with Crippen LogP contribution in [0.3, 0.4) is 0 Å².